The zero-order valence-electron chi connectivity index (χ0n) is 46.8. The molecule has 3 aromatic carbocycles. The number of piperidine rings is 2. The van der Waals surface area contributed by atoms with Crippen molar-refractivity contribution in [1.82, 2.24) is 20.7 Å². The van der Waals surface area contributed by atoms with Gasteiger partial charge in [0, 0.05) is 26.2 Å². The number of amides is 4. The number of hydrazone groups is 2. The van der Waals surface area contributed by atoms with Crippen LogP contribution >= 0.6 is 0 Å². The monoisotopic (exact) mass is 1070 g/mol. The first-order chi connectivity index (χ1) is 36.0. The lowest BCUT2D eigenvalue weighted by molar-refractivity contribution is -0.123. The molecule has 6 atom stereocenters. The number of benzene rings is 3. The van der Waals surface area contributed by atoms with E-state index in [0.29, 0.717) is 67.0 Å². The van der Waals surface area contributed by atoms with Crippen molar-refractivity contribution in [1.29, 1.82) is 0 Å². The molecule has 0 spiro atoms. The molecule has 7 aliphatic rings. The number of carbonyl (C=O) groups excluding carboxylic acids is 4. The second-order valence-electron chi connectivity index (χ2n) is 24.3. The fourth-order valence-electron chi connectivity index (χ4n) is 11.2. The third-order valence-corrected chi connectivity index (χ3v) is 15.9. The van der Waals surface area contributed by atoms with Gasteiger partial charge in [-0.2, -0.15) is 10.2 Å². The molecule has 10 rings (SSSR count). The van der Waals surface area contributed by atoms with Crippen LogP contribution in [0, 0.1) is 23.5 Å². The number of halogens is 2. The van der Waals surface area contributed by atoms with Crippen LogP contribution in [0.4, 0.5) is 29.7 Å². The van der Waals surface area contributed by atoms with E-state index in [2.05, 4.69) is 34.0 Å². The predicted octanol–water partition coefficient (Wildman–Crippen LogP) is 8.40. The summed E-state index contributed by atoms with van der Waals surface area (Å²) in [7, 11) is -0.577. The SMILES string of the molecule is C[C@@H]1C(=O)NN=C2COc3cc(-c4c(F)cccc4F)c([C@@H]4CCN(C(=O)OC(C)(C)C)C[C@@H]4C)cc3N21.C[C@@H]1C(=O)NN=C2COc3cc(B4OC(C)(C)C(C)(C)O4)c([C@@H]4CCN(C(=O)OC(C)(C)C)C[C@@H]4C)cc3N21. The standard InChI is InChI=1S/C28H41BN4O6.C28H32F2N4O4/c1-16-14-32(25(35)37-26(3,4)5)11-10-18(16)19-12-21-22(36-15-23-30-31-24(34)17(2)33(21)23)13-20(19)29-38-27(6,7)28(8,9)39-29;1-15-13-33(27(36)38-28(3,4)5)10-9-17(15)18-11-22-23(12-19(18)25-20(29)7-6-8-21(25)30)37-14-24-31-32-26(35)16(2)34(22)24/h12-13,16-18H,10-11,14-15H2,1-9H3,(H,31,34);6-8,11-12,15-17H,9-10,13-14H2,1-5H3,(H,32,35)/t16-,17+,18+;15-,16+,17+/m00/s1. The Kier molecular flexibility index (Phi) is 14.6. The first-order valence-corrected chi connectivity index (χ1v) is 26.7. The maximum absolute atomic E-state index is 15.1. The van der Waals surface area contributed by atoms with E-state index < -0.39 is 53.2 Å². The van der Waals surface area contributed by atoms with E-state index in [1.165, 1.54) is 18.2 Å². The molecule has 0 radical (unpaired) electrons. The van der Waals surface area contributed by atoms with Crippen LogP contribution in [0.1, 0.15) is 133 Å². The second-order valence-corrected chi connectivity index (χ2v) is 24.3. The summed E-state index contributed by atoms with van der Waals surface area (Å²) >= 11 is 0. The molecule has 0 unspecified atom stereocenters. The Hall–Kier alpha value is -6.48. The van der Waals surface area contributed by atoms with Crippen molar-refractivity contribution in [3.63, 3.8) is 0 Å². The van der Waals surface area contributed by atoms with E-state index >= 15 is 8.78 Å². The van der Waals surface area contributed by atoms with Gasteiger partial charge >= 0.3 is 19.3 Å². The molecule has 4 amide bonds. The molecular weight excluding hydrogens is 993 g/mol. The molecule has 0 aromatic heterocycles. The highest BCUT2D eigenvalue weighted by atomic mass is 19.1. The number of likely N-dealkylation sites (tertiary alicyclic amines) is 2. The summed E-state index contributed by atoms with van der Waals surface area (Å²) < 4.78 is 66.5. The van der Waals surface area contributed by atoms with Crippen molar-refractivity contribution in [3.05, 3.63) is 65.2 Å². The molecule has 77 heavy (non-hydrogen) atoms. The van der Waals surface area contributed by atoms with Crippen molar-refractivity contribution >= 4 is 59.6 Å². The molecule has 0 saturated carbocycles. The number of anilines is 2. The normalized spacial score (nSPS) is 25.4. The molecule has 414 valence electrons. The van der Waals surface area contributed by atoms with E-state index in [4.69, 9.17) is 28.3 Å². The molecule has 2 N–H and O–H groups in total. The molecule has 3 fully saturated rings. The minimum atomic E-state index is -0.672. The highest BCUT2D eigenvalue weighted by Gasteiger charge is 2.53. The molecule has 21 heteroatoms. The molecular formula is C56H73BF2N8O10. The quantitative estimate of drug-likeness (QED) is 0.238. The number of nitrogens with one attached hydrogen (secondary N) is 2. The van der Waals surface area contributed by atoms with Crippen LogP contribution in [-0.4, -0.2) is 126 Å². The summed E-state index contributed by atoms with van der Waals surface area (Å²) in [5.74, 6) is 0.644. The molecule has 3 saturated heterocycles. The maximum Gasteiger partial charge on any atom is 0.495 e. The van der Waals surface area contributed by atoms with Crippen LogP contribution in [0.25, 0.3) is 11.1 Å². The summed E-state index contributed by atoms with van der Waals surface area (Å²) in [5, 5.41) is 8.39. The lowest BCUT2D eigenvalue weighted by Crippen LogP contribution is -2.55. The number of hydrogen-bond donors (Lipinski definition) is 2. The lowest BCUT2D eigenvalue weighted by atomic mass is 9.69. The highest BCUT2D eigenvalue weighted by Crippen LogP contribution is 2.48. The van der Waals surface area contributed by atoms with Crippen LogP contribution < -0.4 is 35.6 Å². The Labute approximate surface area is 450 Å². The summed E-state index contributed by atoms with van der Waals surface area (Å²) in [6.07, 6.45) is 0.659. The van der Waals surface area contributed by atoms with Crippen molar-refractivity contribution in [2.45, 2.75) is 156 Å². The Morgan fingerprint density at radius 2 is 1.10 bits per heavy atom. The topological polar surface area (TPSA) is 185 Å². The highest BCUT2D eigenvalue weighted by molar-refractivity contribution is 6.62. The van der Waals surface area contributed by atoms with Gasteiger partial charge in [0.05, 0.1) is 28.1 Å². The number of amidine groups is 2. The summed E-state index contributed by atoms with van der Waals surface area (Å²) in [5.41, 5.74) is 7.36. The second kappa shape index (κ2) is 20.4. The zero-order valence-corrected chi connectivity index (χ0v) is 46.8. The maximum atomic E-state index is 15.1. The fourth-order valence-corrected chi connectivity index (χ4v) is 11.2. The van der Waals surface area contributed by atoms with Crippen molar-refractivity contribution in [2.75, 3.05) is 49.2 Å². The van der Waals surface area contributed by atoms with Gasteiger partial charge in [-0.3, -0.25) is 9.59 Å². The van der Waals surface area contributed by atoms with E-state index in [1.54, 1.807) is 22.8 Å². The lowest BCUT2D eigenvalue weighted by Gasteiger charge is -2.41. The molecule has 7 aliphatic heterocycles. The van der Waals surface area contributed by atoms with Gasteiger partial charge in [-0.1, -0.05) is 19.9 Å². The van der Waals surface area contributed by atoms with Crippen LogP contribution in [-0.2, 0) is 28.4 Å². The smallest absolute Gasteiger partial charge is 0.483 e. The average Bonchev–Trinajstić information content (AvgIpc) is 3.72. The van der Waals surface area contributed by atoms with Crippen LogP contribution in [0.3, 0.4) is 0 Å². The number of carbonyl (C=O) groups is 4. The molecule has 0 aliphatic carbocycles. The Bertz CT molecular complexity index is 2880. The van der Waals surface area contributed by atoms with Crippen molar-refractivity contribution in [3.8, 4) is 22.6 Å². The van der Waals surface area contributed by atoms with Gasteiger partial charge in [-0.05, 0) is 178 Å². The third-order valence-electron chi connectivity index (χ3n) is 15.9. The average molecular weight is 1070 g/mol. The van der Waals surface area contributed by atoms with E-state index in [-0.39, 0.29) is 66.4 Å². The van der Waals surface area contributed by atoms with Crippen molar-refractivity contribution < 1.29 is 56.2 Å². The third kappa shape index (κ3) is 10.9. The fraction of sp³-hybridized carbons (Fsp3) is 0.571. The number of ether oxygens (including phenoxy) is 4. The summed E-state index contributed by atoms with van der Waals surface area (Å²) in [4.78, 5) is 57.7. The first kappa shape index (κ1) is 55.3. The Morgan fingerprint density at radius 3 is 1.55 bits per heavy atom. The Morgan fingerprint density at radius 1 is 0.675 bits per heavy atom. The Balaban J connectivity index is 0.000000188. The first-order valence-electron chi connectivity index (χ1n) is 26.7. The molecule has 18 nitrogen and oxygen atoms in total. The number of hydrogen-bond acceptors (Lipinski definition) is 14. The van der Waals surface area contributed by atoms with Gasteiger partial charge in [-0.25, -0.2) is 29.2 Å². The van der Waals surface area contributed by atoms with Gasteiger partial charge < -0.3 is 47.9 Å². The van der Waals surface area contributed by atoms with Gasteiger partial charge in [0.2, 0.25) is 0 Å². The van der Waals surface area contributed by atoms with Gasteiger partial charge in [0.25, 0.3) is 11.8 Å². The zero-order chi connectivity index (χ0) is 55.8. The van der Waals surface area contributed by atoms with Crippen LogP contribution in [0.5, 0.6) is 11.5 Å². The summed E-state index contributed by atoms with van der Waals surface area (Å²) in [6, 6.07) is 10.5. The van der Waals surface area contributed by atoms with Crippen molar-refractivity contribution in [2.24, 2.45) is 22.0 Å². The van der Waals surface area contributed by atoms with Gasteiger partial charge in [0.1, 0.15) is 59.6 Å². The van der Waals surface area contributed by atoms with Crippen LogP contribution in [0.15, 0.2) is 52.7 Å². The summed E-state index contributed by atoms with van der Waals surface area (Å²) in [6.45, 7) is 29.5. The largest absolute Gasteiger partial charge is 0.495 e. The molecule has 7 heterocycles. The van der Waals surface area contributed by atoms with E-state index in [1.807, 2.05) is 105 Å². The van der Waals surface area contributed by atoms with Crippen LogP contribution in [0.2, 0.25) is 0 Å². The van der Waals surface area contributed by atoms with E-state index in [0.717, 1.165) is 28.7 Å². The number of fused-ring (bicyclic) bond motifs is 6. The van der Waals surface area contributed by atoms with Gasteiger partial charge in [-0.15, -0.1) is 0 Å². The van der Waals surface area contributed by atoms with E-state index in [9.17, 15) is 19.2 Å². The number of nitrogens with zero attached hydrogens (tertiary/aromatic N) is 6. The molecule has 3 aromatic rings. The minimum absolute atomic E-state index is 0.0392. The molecule has 0 bridgehead atoms. The minimum Gasteiger partial charge on any atom is -0.483 e. The van der Waals surface area contributed by atoms with Gasteiger partial charge in [0.15, 0.2) is 11.7 Å². The predicted molar refractivity (Wildman–Crippen MR) is 289 cm³/mol. The number of rotatable bonds is 4.